The minimum absolute atomic E-state index is 0.240. The van der Waals surface area contributed by atoms with Crippen LogP contribution in [0, 0.1) is 5.41 Å². The predicted octanol–water partition coefficient (Wildman–Crippen LogP) is 4.37. The van der Waals surface area contributed by atoms with E-state index >= 15 is 0 Å². The number of hydrogen-bond donors (Lipinski definition) is 0. The quantitative estimate of drug-likeness (QED) is 0.418. The molecule has 0 atom stereocenters. The fourth-order valence-electron chi connectivity index (χ4n) is 2.70. The number of carbonyl (C=O) groups is 3. The van der Waals surface area contributed by atoms with Gasteiger partial charge in [-0.25, -0.2) is 14.4 Å². The van der Waals surface area contributed by atoms with Gasteiger partial charge in [-0.2, -0.15) is 0 Å². The maximum Gasteiger partial charge on any atom is 0.349 e. The smallest absolute Gasteiger partial charge is 0.349 e. The number of esters is 3. The second-order valence-corrected chi connectivity index (χ2v) is 8.03. The summed E-state index contributed by atoms with van der Waals surface area (Å²) in [4.78, 5) is 36.6. The van der Waals surface area contributed by atoms with Crippen LogP contribution in [-0.4, -0.2) is 30.3 Å². The van der Waals surface area contributed by atoms with E-state index in [9.17, 15) is 14.4 Å². The van der Waals surface area contributed by atoms with Gasteiger partial charge in [0.25, 0.3) is 5.79 Å². The van der Waals surface area contributed by atoms with E-state index in [1.165, 1.54) is 6.08 Å². The summed E-state index contributed by atoms with van der Waals surface area (Å²) in [5.41, 5.74) is 0.332. The number of cyclic esters (lactones) is 2. The van der Waals surface area contributed by atoms with Crippen LogP contribution in [0.4, 0.5) is 0 Å². The van der Waals surface area contributed by atoms with Gasteiger partial charge >= 0.3 is 17.9 Å². The monoisotopic (exact) mass is 412 g/mol. The van der Waals surface area contributed by atoms with Gasteiger partial charge in [-0.05, 0) is 31.2 Å². The number of carbonyl (C=O) groups excluding carboxylic acids is 3. The first kappa shape index (κ1) is 21.4. The highest BCUT2D eigenvalue weighted by Gasteiger charge is 2.50. The molecule has 158 valence electrons. The first-order chi connectivity index (χ1) is 14.0. The number of ether oxygens (including phenoxy) is 3. The zero-order valence-electron chi connectivity index (χ0n) is 17.6. The van der Waals surface area contributed by atoms with Crippen molar-refractivity contribution in [2.45, 2.75) is 40.4 Å². The second-order valence-electron chi connectivity index (χ2n) is 8.03. The molecule has 7 heteroatoms. The Morgan fingerprint density at radius 3 is 2.17 bits per heavy atom. The van der Waals surface area contributed by atoms with Gasteiger partial charge < -0.3 is 18.6 Å². The molecule has 3 rings (SSSR count). The first-order valence-electron chi connectivity index (χ1n) is 9.60. The summed E-state index contributed by atoms with van der Waals surface area (Å²) in [5.74, 6) is -2.48. The third-order valence-electron chi connectivity index (χ3n) is 4.97. The summed E-state index contributed by atoms with van der Waals surface area (Å²) in [7, 11) is 0. The van der Waals surface area contributed by atoms with E-state index < -0.39 is 29.1 Å². The highest BCUT2D eigenvalue weighted by Crippen LogP contribution is 2.39. The number of furan rings is 1. The number of rotatable bonds is 4. The molecule has 7 nitrogen and oxygen atoms in total. The lowest BCUT2D eigenvalue weighted by Gasteiger charge is -2.42. The molecule has 1 aromatic carbocycles. The van der Waals surface area contributed by atoms with Gasteiger partial charge in [0, 0.05) is 24.0 Å². The van der Waals surface area contributed by atoms with E-state index in [1.54, 1.807) is 50.2 Å². The maximum atomic E-state index is 12.4. The van der Waals surface area contributed by atoms with E-state index in [0.717, 1.165) is 5.56 Å². The fourth-order valence-corrected chi connectivity index (χ4v) is 2.70. The Labute approximate surface area is 174 Å². The van der Waals surface area contributed by atoms with Crippen LogP contribution in [0.15, 0.2) is 46.4 Å². The van der Waals surface area contributed by atoms with E-state index in [2.05, 4.69) is 0 Å². The molecule has 0 radical (unpaired) electrons. The zero-order valence-corrected chi connectivity index (χ0v) is 17.6. The van der Waals surface area contributed by atoms with Crippen LogP contribution in [0.1, 0.15) is 50.7 Å². The maximum absolute atomic E-state index is 12.4. The Balaban J connectivity index is 1.80. The van der Waals surface area contributed by atoms with Crippen LogP contribution in [0.3, 0.4) is 0 Å². The molecule has 2 aromatic rings. The van der Waals surface area contributed by atoms with Gasteiger partial charge in [-0.1, -0.05) is 32.9 Å². The minimum atomic E-state index is -1.35. The van der Waals surface area contributed by atoms with E-state index in [0.29, 0.717) is 23.7 Å². The van der Waals surface area contributed by atoms with Crippen LogP contribution >= 0.6 is 0 Å². The molecule has 1 fully saturated rings. The predicted molar refractivity (Wildman–Crippen MR) is 108 cm³/mol. The molecule has 0 amide bonds. The van der Waals surface area contributed by atoms with Gasteiger partial charge in [0.2, 0.25) is 0 Å². The lowest BCUT2D eigenvalue weighted by Crippen LogP contribution is -2.52. The molecule has 0 spiro atoms. The van der Waals surface area contributed by atoms with Crippen molar-refractivity contribution in [3.63, 3.8) is 0 Å². The Bertz CT molecular complexity index is 983. The summed E-state index contributed by atoms with van der Waals surface area (Å²) < 4.78 is 21.5. The molecule has 1 aliphatic rings. The highest BCUT2D eigenvalue weighted by molar-refractivity contribution is 6.18. The van der Waals surface area contributed by atoms with Crippen LogP contribution in [-0.2, 0) is 23.8 Å². The highest BCUT2D eigenvalue weighted by atomic mass is 16.7. The van der Waals surface area contributed by atoms with Gasteiger partial charge in [-0.15, -0.1) is 0 Å². The summed E-state index contributed by atoms with van der Waals surface area (Å²) in [6.45, 7) is 9.05. The third-order valence-corrected chi connectivity index (χ3v) is 4.97. The van der Waals surface area contributed by atoms with Gasteiger partial charge in [-0.3, -0.25) is 0 Å². The van der Waals surface area contributed by atoms with Crippen molar-refractivity contribution in [3.05, 3.63) is 53.3 Å². The number of benzene rings is 1. The molecular weight excluding hydrogens is 388 g/mol. The largest absolute Gasteiger partial charge is 0.462 e. The van der Waals surface area contributed by atoms with Gasteiger partial charge in [0.1, 0.15) is 17.1 Å². The third kappa shape index (κ3) is 4.15. The molecule has 0 saturated carbocycles. The van der Waals surface area contributed by atoms with Crippen molar-refractivity contribution in [1.82, 2.24) is 0 Å². The van der Waals surface area contributed by atoms with Crippen LogP contribution in [0.5, 0.6) is 0 Å². The lowest BCUT2D eigenvalue weighted by atomic mass is 9.86. The zero-order chi connectivity index (χ0) is 22.1. The molecule has 2 heterocycles. The Hall–Kier alpha value is -3.35. The molecule has 1 aliphatic heterocycles. The average molecular weight is 412 g/mol. The lowest BCUT2D eigenvalue weighted by molar-refractivity contribution is -0.261. The summed E-state index contributed by atoms with van der Waals surface area (Å²) in [5, 5.41) is 0. The molecule has 0 bridgehead atoms. The van der Waals surface area contributed by atoms with Crippen molar-refractivity contribution in [2.75, 3.05) is 6.61 Å². The summed E-state index contributed by atoms with van der Waals surface area (Å²) >= 11 is 0. The molecule has 1 saturated heterocycles. The van der Waals surface area contributed by atoms with Crippen LogP contribution < -0.4 is 0 Å². The standard InChI is InChI=1S/C23H24O7/c1-6-27-19(24)15-9-7-14(8-10-15)18-12-11-16(28-18)13-17-20(25)29-23(5,22(2,3)4)30-21(17)26/h7-13H,6H2,1-5H3. The van der Waals surface area contributed by atoms with Gasteiger partial charge in [0.15, 0.2) is 0 Å². The Morgan fingerprint density at radius 2 is 1.63 bits per heavy atom. The minimum Gasteiger partial charge on any atom is -0.462 e. The van der Waals surface area contributed by atoms with E-state index in [-0.39, 0.29) is 5.57 Å². The van der Waals surface area contributed by atoms with Crippen molar-refractivity contribution < 1.29 is 33.0 Å². The van der Waals surface area contributed by atoms with Crippen LogP contribution in [0.25, 0.3) is 17.4 Å². The SMILES string of the molecule is CCOC(=O)c1ccc(-c2ccc(C=C3C(=O)OC(C)(C(C)(C)C)OC3=O)o2)cc1. The number of hydrogen-bond acceptors (Lipinski definition) is 7. The normalized spacial score (nSPS) is 19.2. The molecule has 0 unspecified atom stereocenters. The molecule has 30 heavy (non-hydrogen) atoms. The first-order valence-corrected chi connectivity index (χ1v) is 9.60. The van der Waals surface area contributed by atoms with Crippen molar-refractivity contribution in [2.24, 2.45) is 5.41 Å². The van der Waals surface area contributed by atoms with Crippen molar-refractivity contribution >= 4 is 24.0 Å². The Morgan fingerprint density at radius 1 is 1.03 bits per heavy atom. The van der Waals surface area contributed by atoms with Crippen LogP contribution in [0.2, 0.25) is 0 Å². The molecule has 0 aliphatic carbocycles. The molecule has 1 aromatic heterocycles. The molecule has 0 N–H and O–H groups in total. The summed E-state index contributed by atoms with van der Waals surface area (Å²) in [6.07, 6.45) is 1.30. The van der Waals surface area contributed by atoms with Crippen molar-refractivity contribution in [1.29, 1.82) is 0 Å². The van der Waals surface area contributed by atoms with Crippen molar-refractivity contribution in [3.8, 4) is 11.3 Å². The van der Waals surface area contributed by atoms with E-state index in [4.69, 9.17) is 18.6 Å². The fraction of sp³-hybridized carbons (Fsp3) is 0.348. The van der Waals surface area contributed by atoms with E-state index in [1.807, 2.05) is 20.8 Å². The Kier molecular flexibility index (Phi) is 5.57. The average Bonchev–Trinajstić information content (AvgIpc) is 3.13. The van der Waals surface area contributed by atoms with Gasteiger partial charge in [0.05, 0.1) is 12.2 Å². The topological polar surface area (TPSA) is 92.0 Å². The summed E-state index contributed by atoms with van der Waals surface area (Å²) in [6, 6.07) is 10.0. The molecular formula is C23H24O7. The second kappa shape index (κ2) is 7.82.